The van der Waals surface area contributed by atoms with Crippen molar-refractivity contribution in [1.82, 2.24) is 34.8 Å². The van der Waals surface area contributed by atoms with E-state index in [1.807, 2.05) is 13.8 Å². The Labute approximate surface area is 181 Å². The van der Waals surface area contributed by atoms with Gasteiger partial charge in [0.15, 0.2) is 5.82 Å². The van der Waals surface area contributed by atoms with Crippen LogP contribution in [0.3, 0.4) is 0 Å². The number of amides is 1. The SMILES string of the molecule is Cc1ccc(C(=O)N2CCCC(Nc3nccc(C(F)(F)F)n3)C2C)c(-n2ccnn2)n1. The molecule has 0 radical (unpaired) electrons. The molecule has 2 atom stereocenters. The van der Waals surface area contributed by atoms with E-state index in [0.717, 1.165) is 18.0 Å². The lowest BCUT2D eigenvalue weighted by Crippen LogP contribution is -2.52. The third kappa shape index (κ3) is 4.39. The van der Waals surface area contributed by atoms with E-state index < -0.39 is 11.9 Å². The first-order valence-corrected chi connectivity index (χ1v) is 10.1. The van der Waals surface area contributed by atoms with E-state index in [4.69, 9.17) is 0 Å². The second-order valence-corrected chi connectivity index (χ2v) is 7.57. The van der Waals surface area contributed by atoms with Crippen molar-refractivity contribution in [2.24, 2.45) is 0 Å². The minimum Gasteiger partial charge on any atom is -0.349 e. The molecule has 0 bridgehead atoms. The lowest BCUT2D eigenvalue weighted by atomic mass is 9.96. The summed E-state index contributed by atoms with van der Waals surface area (Å²) < 4.78 is 40.4. The minimum atomic E-state index is -4.56. The maximum atomic E-state index is 13.4. The monoisotopic (exact) mass is 446 g/mol. The molecule has 0 spiro atoms. The zero-order valence-electron chi connectivity index (χ0n) is 17.4. The fourth-order valence-electron chi connectivity index (χ4n) is 3.74. The average Bonchev–Trinajstić information content (AvgIpc) is 3.29. The predicted octanol–water partition coefficient (Wildman–Crippen LogP) is 2.88. The zero-order chi connectivity index (χ0) is 22.9. The number of nitrogens with zero attached hydrogens (tertiary/aromatic N) is 7. The summed E-state index contributed by atoms with van der Waals surface area (Å²) in [7, 11) is 0. The van der Waals surface area contributed by atoms with Gasteiger partial charge < -0.3 is 10.2 Å². The molecule has 1 amide bonds. The molecule has 1 aliphatic heterocycles. The molecule has 2 unspecified atom stereocenters. The molecule has 1 aliphatic rings. The van der Waals surface area contributed by atoms with Gasteiger partial charge >= 0.3 is 6.18 Å². The molecule has 0 saturated carbocycles. The van der Waals surface area contributed by atoms with Gasteiger partial charge in [-0.25, -0.2) is 19.6 Å². The summed E-state index contributed by atoms with van der Waals surface area (Å²) in [4.78, 5) is 27.1. The Morgan fingerprint density at radius 3 is 2.72 bits per heavy atom. The summed E-state index contributed by atoms with van der Waals surface area (Å²) in [6.07, 6.45) is 0.939. The van der Waals surface area contributed by atoms with E-state index in [2.05, 4.69) is 30.6 Å². The summed E-state index contributed by atoms with van der Waals surface area (Å²) >= 11 is 0. The summed E-state index contributed by atoms with van der Waals surface area (Å²) in [5.74, 6) is 0.00855. The first-order valence-electron chi connectivity index (χ1n) is 10.1. The summed E-state index contributed by atoms with van der Waals surface area (Å²) in [6, 6.07) is 3.63. The fourth-order valence-corrected chi connectivity index (χ4v) is 3.74. The van der Waals surface area contributed by atoms with Gasteiger partial charge in [-0.1, -0.05) is 5.21 Å². The Bertz CT molecular complexity index is 1100. The highest BCUT2D eigenvalue weighted by Gasteiger charge is 2.35. The molecule has 12 heteroatoms. The molecule has 0 aromatic carbocycles. The molecule has 1 N–H and O–H groups in total. The van der Waals surface area contributed by atoms with Crippen molar-refractivity contribution in [3.8, 4) is 5.82 Å². The highest BCUT2D eigenvalue weighted by molar-refractivity contribution is 5.97. The van der Waals surface area contributed by atoms with Gasteiger partial charge in [0.2, 0.25) is 5.95 Å². The molecule has 3 aromatic heterocycles. The van der Waals surface area contributed by atoms with Crippen molar-refractivity contribution in [3.05, 3.63) is 53.7 Å². The summed E-state index contributed by atoms with van der Waals surface area (Å²) in [6.45, 7) is 4.17. The largest absolute Gasteiger partial charge is 0.433 e. The van der Waals surface area contributed by atoms with Gasteiger partial charge in [0.1, 0.15) is 5.69 Å². The second kappa shape index (κ2) is 8.52. The molecular weight excluding hydrogens is 425 g/mol. The Kier molecular flexibility index (Phi) is 5.76. The number of aromatic nitrogens is 6. The van der Waals surface area contributed by atoms with Crippen molar-refractivity contribution in [1.29, 1.82) is 0 Å². The number of aryl methyl sites for hydroxylation is 1. The van der Waals surface area contributed by atoms with E-state index in [-0.39, 0.29) is 23.9 Å². The van der Waals surface area contributed by atoms with E-state index in [9.17, 15) is 18.0 Å². The summed E-state index contributed by atoms with van der Waals surface area (Å²) in [5, 5.41) is 10.7. The Morgan fingerprint density at radius 1 is 1.19 bits per heavy atom. The van der Waals surface area contributed by atoms with Gasteiger partial charge in [-0.3, -0.25) is 4.79 Å². The molecular formula is C20H21F3N8O. The lowest BCUT2D eigenvalue weighted by molar-refractivity contribution is -0.141. The van der Waals surface area contributed by atoms with Gasteiger partial charge in [0, 0.05) is 30.5 Å². The number of rotatable bonds is 4. The van der Waals surface area contributed by atoms with Crippen molar-refractivity contribution in [2.45, 2.75) is 44.9 Å². The standard InChI is InChI=1S/C20H21F3N8O/c1-12-5-6-14(17(26-12)31-11-9-25-29-31)18(32)30-10-3-4-15(13(30)2)27-19-24-8-7-16(28-19)20(21,22)23/h5-9,11,13,15H,3-4,10H2,1-2H3,(H,24,27,28). The van der Waals surface area contributed by atoms with Crippen LogP contribution in [0.15, 0.2) is 36.8 Å². The third-order valence-corrected chi connectivity index (χ3v) is 5.39. The van der Waals surface area contributed by atoms with Crippen LogP contribution in [0, 0.1) is 6.92 Å². The number of carbonyl (C=O) groups excluding carboxylic acids is 1. The molecule has 168 valence electrons. The number of pyridine rings is 1. The van der Waals surface area contributed by atoms with E-state index in [1.165, 1.54) is 10.9 Å². The maximum absolute atomic E-state index is 13.4. The number of likely N-dealkylation sites (tertiary alicyclic amines) is 1. The first kappa shape index (κ1) is 21.7. The number of alkyl halides is 3. The number of carbonyl (C=O) groups is 1. The van der Waals surface area contributed by atoms with Crippen LogP contribution < -0.4 is 5.32 Å². The molecule has 4 rings (SSSR count). The van der Waals surface area contributed by atoms with E-state index >= 15 is 0 Å². The van der Waals surface area contributed by atoms with Crippen LogP contribution in [-0.4, -0.2) is 59.4 Å². The molecule has 4 heterocycles. The Balaban J connectivity index is 1.57. The highest BCUT2D eigenvalue weighted by atomic mass is 19.4. The molecule has 1 saturated heterocycles. The number of nitrogens with one attached hydrogen (secondary N) is 1. The third-order valence-electron chi connectivity index (χ3n) is 5.39. The van der Waals surface area contributed by atoms with Gasteiger partial charge in [0.05, 0.1) is 18.0 Å². The Hall–Kier alpha value is -3.57. The maximum Gasteiger partial charge on any atom is 0.433 e. The predicted molar refractivity (Wildman–Crippen MR) is 108 cm³/mol. The van der Waals surface area contributed by atoms with Crippen molar-refractivity contribution >= 4 is 11.9 Å². The number of hydrogen-bond donors (Lipinski definition) is 1. The molecule has 3 aromatic rings. The topological polar surface area (TPSA) is 102 Å². The first-order chi connectivity index (χ1) is 15.2. The van der Waals surface area contributed by atoms with Crippen LogP contribution in [0.25, 0.3) is 5.82 Å². The number of halogens is 3. The lowest BCUT2D eigenvalue weighted by Gasteiger charge is -2.40. The molecule has 9 nitrogen and oxygen atoms in total. The van der Waals surface area contributed by atoms with Crippen LogP contribution in [0.2, 0.25) is 0 Å². The second-order valence-electron chi connectivity index (χ2n) is 7.57. The molecule has 1 fully saturated rings. The van der Waals surface area contributed by atoms with Crippen molar-refractivity contribution < 1.29 is 18.0 Å². The number of anilines is 1. The normalized spacial score (nSPS) is 19.1. The number of hydrogen-bond acceptors (Lipinski definition) is 7. The van der Waals surface area contributed by atoms with Gasteiger partial charge in [-0.15, -0.1) is 5.10 Å². The fraction of sp³-hybridized carbons (Fsp3) is 0.400. The van der Waals surface area contributed by atoms with E-state index in [0.29, 0.717) is 30.8 Å². The highest BCUT2D eigenvalue weighted by Crippen LogP contribution is 2.29. The Morgan fingerprint density at radius 2 is 2.00 bits per heavy atom. The zero-order valence-corrected chi connectivity index (χ0v) is 17.4. The van der Waals surface area contributed by atoms with Gasteiger partial charge in [-0.2, -0.15) is 13.2 Å². The molecule has 32 heavy (non-hydrogen) atoms. The quantitative estimate of drug-likeness (QED) is 0.658. The van der Waals surface area contributed by atoms with Crippen LogP contribution >= 0.6 is 0 Å². The van der Waals surface area contributed by atoms with Gasteiger partial charge in [0.25, 0.3) is 5.91 Å². The van der Waals surface area contributed by atoms with Gasteiger partial charge in [-0.05, 0) is 44.9 Å². The van der Waals surface area contributed by atoms with E-state index in [1.54, 1.807) is 23.2 Å². The van der Waals surface area contributed by atoms with Crippen molar-refractivity contribution in [3.63, 3.8) is 0 Å². The minimum absolute atomic E-state index is 0.119. The smallest absolute Gasteiger partial charge is 0.349 e. The summed E-state index contributed by atoms with van der Waals surface area (Å²) in [5.41, 5.74) is 0.0681. The van der Waals surface area contributed by atoms with Crippen LogP contribution in [0.4, 0.5) is 19.1 Å². The van der Waals surface area contributed by atoms with Crippen molar-refractivity contribution in [2.75, 3.05) is 11.9 Å². The van der Waals surface area contributed by atoms with Crippen LogP contribution in [0.5, 0.6) is 0 Å². The van der Waals surface area contributed by atoms with Crippen LogP contribution in [-0.2, 0) is 6.18 Å². The van der Waals surface area contributed by atoms with Crippen LogP contribution in [0.1, 0.15) is 41.5 Å². The molecule has 0 aliphatic carbocycles. The number of piperidine rings is 1. The average molecular weight is 446 g/mol.